The van der Waals surface area contributed by atoms with Gasteiger partial charge in [0.1, 0.15) is 18.9 Å². The summed E-state index contributed by atoms with van der Waals surface area (Å²) in [6.45, 7) is 9.17. The van der Waals surface area contributed by atoms with Crippen molar-refractivity contribution in [1.82, 2.24) is 9.55 Å². The molecule has 26 heavy (non-hydrogen) atoms. The van der Waals surface area contributed by atoms with E-state index < -0.39 is 0 Å². The lowest BCUT2D eigenvalue weighted by molar-refractivity contribution is -0.677. The Hall–Kier alpha value is -2.54. The first-order valence-corrected chi connectivity index (χ1v) is 9.65. The molecule has 6 nitrogen and oxygen atoms in total. The van der Waals surface area contributed by atoms with Crippen LogP contribution in [0, 0.1) is 13.8 Å². The van der Waals surface area contributed by atoms with Gasteiger partial charge in [-0.3, -0.25) is 0 Å². The van der Waals surface area contributed by atoms with Gasteiger partial charge >= 0.3 is 0 Å². The topological polar surface area (TPSA) is 49.7 Å². The molecule has 7 heteroatoms. The van der Waals surface area contributed by atoms with Gasteiger partial charge in [-0.1, -0.05) is 0 Å². The minimum atomic E-state index is 0.692. The van der Waals surface area contributed by atoms with E-state index in [2.05, 4.69) is 74.7 Å². The van der Waals surface area contributed by atoms with Gasteiger partial charge in [-0.15, -0.1) is 21.6 Å². The third-order valence-corrected chi connectivity index (χ3v) is 5.30. The number of benzene rings is 1. The van der Waals surface area contributed by atoms with Gasteiger partial charge in [-0.25, -0.2) is 14.1 Å². The van der Waals surface area contributed by atoms with Crippen LogP contribution in [0.2, 0.25) is 0 Å². The molecule has 0 bridgehead atoms. The van der Waals surface area contributed by atoms with E-state index in [4.69, 9.17) is 0 Å². The fourth-order valence-corrected chi connectivity index (χ4v) is 3.36. The second-order valence-corrected chi connectivity index (χ2v) is 7.05. The number of aromatic nitrogens is 3. The summed E-state index contributed by atoms with van der Waals surface area (Å²) in [6.07, 6.45) is 4.22. The molecule has 3 rings (SSSR count). The summed E-state index contributed by atoms with van der Waals surface area (Å²) in [5.74, 6) is 1.26. The molecular formula is C19H25N6S+. The first-order valence-electron chi connectivity index (χ1n) is 8.77. The smallest absolute Gasteiger partial charge is 0.253 e. The number of azo groups is 1. The predicted molar refractivity (Wildman–Crippen MR) is 106 cm³/mol. The number of hydrogen-bond acceptors (Lipinski definition) is 5. The molecule has 3 aromatic rings. The number of likely N-dealkylation sites (N-methyl/N-ethyl adjacent to an activating group) is 1. The maximum atomic E-state index is 4.29. The highest BCUT2D eigenvalue weighted by Crippen LogP contribution is 2.24. The minimum Gasteiger partial charge on any atom is -0.368 e. The van der Waals surface area contributed by atoms with Crippen molar-refractivity contribution in [2.75, 3.05) is 18.0 Å². The van der Waals surface area contributed by atoms with Gasteiger partial charge in [0.15, 0.2) is 0 Å². The standard InChI is InChI=1S/C19H25N6S/c1-5-24(12-13-25-11-10-23(4)16(25)3)18-8-6-17(7-9-18)21-22-19-20-15(2)14-26-19/h6-11,14H,5,12-13H2,1-4H3/q+1/b22-21+. The zero-order valence-corrected chi connectivity index (χ0v) is 16.6. The summed E-state index contributed by atoms with van der Waals surface area (Å²) in [7, 11) is 2.07. The number of anilines is 1. The molecule has 0 aliphatic heterocycles. The Morgan fingerprint density at radius 1 is 1.19 bits per heavy atom. The minimum absolute atomic E-state index is 0.692. The zero-order valence-electron chi connectivity index (χ0n) is 15.8. The van der Waals surface area contributed by atoms with Crippen LogP contribution in [0.3, 0.4) is 0 Å². The van der Waals surface area contributed by atoms with E-state index in [9.17, 15) is 0 Å². The van der Waals surface area contributed by atoms with Gasteiger partial charge < -0.3 is 4.90 Å². The maximum absolute atomic E-state index is 4.29. The molecule has 2 heterocycles. The number of imidazole rings is 1. The van der Waals surface area contributed by atoms with E-state index in [0.29, 0.717) is 5.13 Å². The fourth-order valence-electron chi connectivity index (χ4n) is 2.75. The molecule has 136 valence electrons. The monoisotopic (exact) mass is 369 g/mol. The Morgan fingerprint density at radius 3 is 2.54 bits per heavy atom. The van der Waals surface area contributed by atoms with Crippen molar-refractivity contribution in [3.8, 4) is 0 Å². The Labute approximate surface area is 158 Å². The molecule has 0 amide bonds. The lowest BCUT2D eigenvalue weighted by Crippen LogP contribution is -2.31. The molecule has 0 spiro atoms. The van der Waals surface area contributed by atoms with Crippen LogP contribution < -0.4 is 9.47 Å². The van der Waals surface area contributed by atoms with E-state index in [0.717, 1.165) is 31.0 Å². The quantitative estimate of drug-likeness (QED) is 0.460. The number of nitrogens with zero attached hydrogens (tertiary/aromatic N) is 6. The molecule has 0 saturated carbocycles. The van der Waals surface area contributed by atoms with Crippen LogP contribution >= 0.6 is 11.3 Å². The Balaban J connectivity index is 1.63. The predicted octanol–water partition coefficient (Wildman–Crippen LogP) is 4.33. The molecule has 0 aliphatic carbocycles. The molecule has 1 aromatic carbocycles. The van der Waals surface area contributed by atoms with E-state index in [1.54, 1.807) is 0 Å². The number of thiazole rings is 1. The van der Waals surface area contributed by atoms with E-state index in [1.165, 1.54) is 22.8 Å². The van der Waals surface area contributed by atoms with Crippen LogP contribution in [0.25, 0.3) is 0 Å². The Kier molecular flexibility index (Phi) is 5.78. The average Bonchev–Trinajstić information content (AvgIpc) is 3.21. The fraction of sp³-hybridized carbons (Fsp3) is 0.368. The largest absolute Gasteiger partial charge is 0.368 e. The Bertz CT molecular complexity index is 878. The maximum Gasteiger partial charge on any atom is 0.253 e. The van der Waals surface area contributed by atoms with Crippen LogP contribution in [0.1, 0.15) is 18.4 Å². The van der Waals surface area contributed by atoms with Gasteiger partial charge in [-0.2, -0.15) is 0 Å². The lowest BCUT2D eigenvalue weighted by atomic mass is 10.2. The molecule has 0 fully saturated rings. The van der Waals surface area contributed by atoms with Crippen molar-refractivity contribution >= 4 is 27.8 Å². The van der Waals surface area contributed by atoms with Gasteiger partial charge in [0.25, 0.3) is 5.82 Å². The highest BCUT2D eigenvalue weighted by atomic mass is 32.1. The SMILES string of the molecule is CCN(CCn1cc[n+](C)c1C)c1ccc(/N=N/c2nc(C)cs2)cc1. The van der Waals surface area contributed by atoms with Crippen molar-refractivity contribution in [1.29, 1.82) is 0 Å². The molecule has 0 atom stereocenters. The van der Waals surface area contributed by atoms with Crippen LogP contribution in [0.5, 0.6) is 0 Å². The van der Waals surface area contributed by atoms with Crippen molar-refractivity contribution in [2.45, 2.75) is 27.3 Å². The highest BCUT2D eigenvalue weighted by Gasteiger charge is 2.11. The van der Waals surface area contributed by atoms with Crippen molar-refractivity contribution < 1.29 is 4.57 Å². The molecule has 2 aromatic heterocycles. The van der Waals surface area contributed by atoms with Crippen LogP contribution in [0.4, 0.5) is 16.5 Å². The normalized spacial score (nSPS) is 11.4. The third kappa shape index (κ3) is 4.35. The summed E-state index contributed by atoms with van der Waals surface area (Å²) in [5, 5.41) is 11.1. The molecule has 0 N–H and O–H groups in total. The van der Waals surface area contributed by atoms with Crippen LogP contribution in [-0.2, 0) is 13.6 Å². The molecule has 0 aliphatic rings. The lowest BCUT2D eigenvalue weighted by Gasteiger charge is -2.22. The van der Waals surface area contributed by atoms with Gasteiger partial charge in [0, 0.05) is 24.5 Å². The molecule has 0 radical (unpaired) electrons. The third-order valence-electron chi connectivity index (χ3n) is 4.46. The van der Waals surface area contributed by atoms with Crippen LogP contribution in [0.15, 0.2) is 52.3 Å². The van der Waals surface area contributed by atoms with Crippen molar-refractivity contribution in [3.05, 3.63) is 53.6 Å². The van der Waals surface area contributed by atoms with Crippen molar-refractivity contribution in [3.63, 3.8) is 0 Å². The van der Waals surface area contributed by atoms with E-state index in [1.807, 2.05) is 24.4 Å². The number of aryl methyl sites for hydroxylation is 2. The van der Waals surface area contributed by atoms with Crippen LogP contribution in [-0.4, -0.2) is 22.6 Å². The second-order valence-electron chi connectivity index (χ2n) is 6.22. The number of rotatable bonds is 7. The summed E-state index contributed by atoms with van der Waals surface area (Å²) in [4.78, 5) is 6.66. The Morgan fingerprint density at radius 2 is 1.96 bits per heavy atom. The summed E-state index contributed by atoms with van der Waals surface area (Å²) in [5.41, 5.74) is 3.01. The molecule has 0 saturated heterocycles. The highest BCUT2D eigenvalue weighted by molar-refractivity contribution is 7.13. The van der Waals surface area contributed by atoms with Gasteiger partial charge in [0.05, 0.1) is 25.0 Å². The second kappa shape index (κ2) is 8.23. The zero-order chi connectivity index (χ0) is 18.5. The van der Waals surface area contributed by atoms with Crippen molar-refractivity contribution in [2.24, 2.45) is 17.3 Å². The molecule has 0 unspecified atom stereocenters. The average molecular weight is 370 g/mol. The summed E-state index contributed by atoms with van der Waals surface area (Å²) in [6, 6.07) is 8.21. The first-order chi connectivity index (χ1) is 12.6. The molecular weight excluding hydrogens is 344 g/mol. The van der Waals surface area contributed by atoms with Gasteiger partial charge in [0.2, 0.25) is 5.13 Å². The summed E-state index contributed by atoms with van der Waals surface area (Å²) >= 11 is 1.50. The first kappa shape index (κ1) is 18.3. The number of hydrogen-bond donors (Lipinski definition) is 0. The van der Waals surface area contributed by atoms with E-state index in [-0.39, 0.29) is 0 Å². The summed E-state index contributed by atoms with van der Waals surface area (Å²) < 4.78 is 4.42. The van der Waals surface area contributed by atoms with E-state index >= 15 is 0 Å². The van der Waals surface area contributed by atoms with Gasteiger partial charge in [-0.05, 0) is 38.1 Å².